The van der Waals surface area contributed by atoms with Gasteiger partial charge in [0.05, 0.1) is 5.22 Å². The molecule has 1 fully saturated rings. The third kappa shape index (κ3) is 5.20. The van der Waals surface area contributed by atoms with Gasteiger partial charge in [-0.25, -0.2) is 0 Å². The van der Waals surface area contributed by atoms with Crippen molar-refractivity contribution in [3.05, 3.63) is 0 Å². The lowest BCUT2D eigenvalue weighted by Gasteiger charge is -2.35. The maximum atomic E-state index is 6.21. The number of hydrogen-bond acceptors (Lipinski definition) is 1. The lowest BCUT2D eigenvalue weighted by Crippen LogP contribution is -2.40. The molecular formula is C13H27ClOSi. The molecule has 0 aliphatic carbocycles. The molecule has 0 aromatic heterocycles. The minimum Gasteiger partial charge on any atom is -0.378 e. The van der Waals surface area contributed by atoms with E-state index in [2.05, 4.69) is 6.92 Å². The van der Waals surface area contributed by atoms with Gasteiger partial charge in [-0.1, -0.05) is 45.4 Å². The molecule has 1 saturated heterocycles. The Balaban J connectivity index is 2.08. The Labute approximate surface area is 108 Å². The Morgan fingerprint density at radius 1 is 1.12 bits per heavy atom. The van der Waals surface area contributed by atoms with Crippen molar-refractivity contribution in [2.75, 3.05) is 6.61 Å². The fourth-order valence-electron chi connectivity index (χ4n) is 2.51. The smallest absolute Gasteiger partial charge is 0.160 e. The van der Waals surface area contributed by atoms with Crippen LogP contribution in [0.15, 0.2) is 0 Å². The monoisotopic (exact) mass is 262 g/mol. The van der Waals surface area contributed by atoms with Crippen LogP contribution in [0.5, 0.6) is 0 Å². The summed E-state index contributed by atoms with van der Waals surface area (Å²) < 4.78 is 5.97. The third-order valence-electron chi connectivity index (χ3n) is 3.66. The van der Waals surface area contributed by atoms with E-state index in [0.717, 1.165) is 6.61 Å². The molecule has 0 N–H and O–H groups in total. The van der Waals surface area contributed by atoms with E-state index in [1.165, 1.54) is 64.2 Å². The summed E-state index contributed by atoms with van der Waals surface area (Å²) in [5.74, 6) is 0. The zero-order valence-corrected chi connectivity index (χ0v) is 12.9. The normalized spacial score (nSPS) is 26.6. The van der Waals surface area contributed by atoms with Crippen molar-refractivity contribution < 1.29 is 4.74 Å². The van der Waals surface area contributed by atoms with Gasteiger partial charge >= 0.3 is 0 Å². The highest BCUT2D eigenvalue weighted by Gasteiger charge is 2.31. The van der Waals surface area contributed by atoms with Crippen molar-refractivity contribution >= 4 is 19.9 Å². The summed E-state index contributed by atoms with van der Waals surface area (Å²) in [5.41, 5.74) is 0. The quantitative estimate of drug-likeness (QED) is 0.366. The van der Waals surface area contributed by atoms with Gasteiger partial charge in [0.1, 0.15) is 0 Å². The molecule has 0 aromatic rings. The van der Waals surface area contributed by atoms with Crippen molar-refractivity contribution in [1.82, 2.24) is 0 Å². The topological polar surface area (TPSA) is 9.23 Å². The Morgan fingerprint density at radius 2 is 1.88 bits per heavy atom. The van der Waals surface area contributed by atoms with Crippen molar-refractivity contribution in [2.45, 2.75) is 76.4 Å². The predicted molar refractivity (Wildman–Crippen MR) is 74.9 cm³/mol. The molecular weight excluding hydrogens is 236 g/mol. The second-order valence-electron chi connectivity index (χ2n) is 5.14. The molecule has 1 aliphatic heterocycles. The molecule has 96 valence electrons. The second-order valence-corrected chi connectivity index (χ2v) is 7.50. The first-order valence-electron chi connectivity index (χ1n) is 7.03. The van der Waals surface area contributed by atoms with Gasteiger partial charge in [0.25, 0.3) is 0 Å². The van der Waals surface area contributed by atoms with Crippen molar-refractivity contribution in [1.29, 1.82) is 0 Å². The van der Waals surface area contributed by atoms with Gasteiger partial charge in [-0.05, 0) is 25.7 Å². The standard InChI is InChI=1S/C13H27ClOSi/c1-2-3-4-5-6-7-10-13(16-14)11-8-9-12-15-13/h2-12,16H2,1H3. The molecule has 3 heteroatoms. The SMILES string of the molecule is CCCCCCCCC1([SiH2]Cl)CCCCO1. The summed E-state index contributed by atoms with van der Waals surface area (Å²) in [6, 6.07) is 0. The van der Waals surface area contributed by atoms with Gasteiger partial charge in [0.2, 0.25) is 0 Å². The average molecular weight is 263 g/mol. The summed E-state index contributed by atoms with van der Waals surface area (Å²) >= 11 is 6.21. The molecule has 1 heterocycles. The van der Waals surface area contributed by atoms with E-state index in [1.54, 1.807) is 0 Å². The van der Waals surface area contributed by atoms with Gasteiger partial charge in [0.15, 0.2) is 8.83 Å². The summed E-state index contributed by atoms with van der Waals surface area (Å²) in [4.78, 5) is 0. The minimum atomic E-state index is -0.532. The summed E-state index contributed by atoms with van der Waals surface area (Å²) in [6.45, 7) is 3.22. The summed E-state index contributed by atoms with van der Waals surface area (Å²) in [7, 11) is -0.532. The minimum absolute atomic E-state index is 0.171. The first-order chi connectivity index (χ1) is 7.83. The number of rotatable bonds is 8. The molecule has 0 bridgehead atoms. The van der Waals surface area contributed by atoms with Crippen LogP contribution in [0.4, 0.5) is 0 Å². The van der Waals surface area contributed by atoms with Crippen LogP contribution >= 0.6 is 11.1 Å². The molecule has 16 heavy (non-hydrogen) atoms. The van der Waals surface area contributed by atoms with Crippen LogP contribution < -0.4 is 0 Å². The van der Waals surface area contributed by atoms with Crippen LogP contribution in [0.1, 0.15) is 71.1 Å². The molecule has 1 unspecified atom stereocenters. The van der Waals surface area contributed by atoms with E-state index in [-0.39, 0.29) is 5.22 Å². The summed E-state index contributed by atoms with van der Waals surface area (Å²) in [6.07, 6.45) is 13.3. The van der Waals surface area contributed by atoms with Crippen molar-refractivity contribution in [2.24, 2.45) is 0 Å². The largest absolute Gasteiger partial charge is 0.378 e. The number of unbranched alkanes of at least 4 members (excludes halogenated alkanes) is 5. The molecule has 0 amide bonds. The zero-order valence-electron chi connectivity index (χ0n) is 10.8. The van der Waals surface area contributed by atoms with Crippen molar-refractivity contribution in [3.8, 4) is 0 Å². The Bertz CT molecular complexity index is 169. The van der Waals surface area contributed by atoms with Crippen LogP contribution in [0.25, 0.3) is 0 Å². The van der Waals surface area contributed by atoms with Crippen molar-refractivity contribution in [3.63, 3.8) is 0 Å². The predicted octanol–water partition coefficient (Wildman–Crippen LogP) is 3.96. The van der Waals surface area contributed by atoms with Crippen LogP contribution in [-0.2, 0) is 4.74 Å². The Kier molecular flexibility index (Phi) is 7.76. The third-order valence-corrected chi connectivity index (χ3v) is 6.52. The number of hydrogen-bond donors (Lipinski definition) is 0. The molecule has 1 aliphatic rings. The molecule has 0 aromatic carbocycles. The highest BCUT2D eigenvalue weighted by Crippen LogP contribution is 2.30. The highest BCUT2D eigenvalue weighted by molar-refractivity contribution is 6.95. The van der Waals surface area contributed by atoms with E-state index in [4.69, 9.17) is 15.8 Å². The molecule has 0 radical (unpaired) electrons. The van der Waals surface area contributed by atoms with Crippen LogP contribution in [0.3, 0.4) is 0 Å². The maximum absolute atomic E-state index is 6.21. The van der Waals surface area contributed by atoms with E-state index in [0.29, 0.717) is 0 Å². The number of halogens is 1. The molecule has 1 nitrogen and oxygen atoms in total. The second kappa shape index (κ2) is 8.54. The zero-order chi connectivity index (χ0) is 11.7. The lowest BCUT2D eigenvalue weighted by atomic mass is 10.0. The van der Waals surface area contributed by atoms with Crippen LogP contribution in [0.2, 0.25) is 0 Å². The first kappa shape index (κ1) is 14.5. The van der Waals surface area contributed by atoms with Gasteiger partial charge < -0.3 is 4.74 Å². The fourth-order valence-corrected chi connectivity index (χ4v) is 4.53. The van der Waals surface area contributed by atoms with Gasteiger partial charge in [0, 0.05) is 6.61 Å². The fraction of sp³-hybridized carbons (Fsp3) is 1.00. The molecule has 0 saturated carbocycles. The molecule has 1 rings (SSSR count). The summed E-state index contributed by atoms with van der Waals surface area (Å²) in [5, 5.41) is 0.171. The van der Waals surface area contributed by atoms with E-state index in [1.807, 2.05) is 0 Å². The van der Waals surface area contributed by atoms with Crippen LogP contribution in [-0.4, -0.2) is 20.7 Å². The van der Waals surface area contributed by atoms with E-state index >= 15 is 0 Å². The van der Waals surface area contributed by atoms with E-state index in [9.17, 15) is 0 Å². The molecule has 1 atom stereocenters. The van der Waals surface area contributed by atoms with Crippen LogP contribution in [0, 0.1) is 0 Å². The van der Waals surface area contributed by atoms with Gasteiger partial charge in [-0.2, -0.15) is 11.1 Å². The maximum Gasteiger partial charge on any atom is 0.160 e. The Hall–Kier alpha value is 0.467. The lowest BCUT2D eigenvalue weighted by molar-refractivity contribution is -0.0250. The highest BCUT2D eigenvalue weighted by atomic mass is 35.6. The van der Waals surface area contributed by atoms with Gasteiger partial charge in [-0.3, -0.25) is 0 Å². The number of ether oxygens (including phenoxy) is 1. The van der Waals surface area contributed by atoms with Gasteiger partial charge in [-0.15, -0.1) is 0 Å². The molecule has 0 spiro atoms. The first-order valence-corrected chi connectivity index (χ1v) is 9.87. The van der Waals surface area contributed by atoms with E-state index < -0.39 is 8.83 Å². The average Bonchev–Trinajstić information content (AvgIpc) is 2.35. The Morgan fingerprint density at radius 3 is 2.50 bits per heavy atom.